The van der Waals surface area contributed by atoms with Crippen LogP contribution in [0.4, 0.5) is 5.82 Å². The maximum Gasteiger partial charge on any atom is 0.429 e. The fraction of sp³-hybridized carbons (Fsp3) is 0.600. The van der Waals surface area contributed by atoms with E-state index in [1.165, 1.54) is 4.68 Å². The predicted molar refractivity (Wildman–Crippen MR) is 42.0 cm³/mol. The van der Waals surface area contributed by atoms with Crippen LogP contribution in [-0.4, -0.2) is 19.9 Å². The number of hydrogen-bond donors (Lipinski definition) is 0. The Morgan fingerprint density at radius 2 is 2.42 bits per heavy atom. The van der Waals surface area contributed by atoms with Gasteiger partial charge in [0.05, 0.1) is 5.21 Å². The summed E-state index contributed by atoms with van der Waals surface area (Å²) in [6.07, 6.45) is 0.806. The molecule has 0 unspecified atom stereocenters. The van der Waals surface area contributed by atoms with Crippen LogP contribution < -0.4 is 0 Å². The van der Waals surface area contributed by atoms with Gasteiger partial charge in [-0.2, -0.15) is 0 Å². The monoisotopic (exact) mass is 190 g/mol. The Bertz CT molecular complexity index is 298. The second kappa shape index (κ2) is 3.48. The molecule has 0 aliphatic rings. The molecule has 0 bridgehead atoms. The van der Waals surface area contributed by atoms with Gasteiger partial charge in [-0.15, -0.1) is 0 Å². The van der Waals surface area contributed by atoms with Gasteiger partial charge in [0.2, 0.25) is 5.15 Å². The van der Waals surface area contributed by atoms with E-state index in [0.29, 0.717) is 6.54 Å². The summed E-state index contributed by atoms with van der Waals surface area (Å²) in [4.78, 5) is 9.59. The Morgan fingerprint density at radius 1 is 1.75 bits per heavy atom. The van der Waals surface area contributed by atoms with E-state index in [-0.39, 0.29) is 11.0 Å². The predicted octanol–water partition coefficient (Wildman–Crippen LogP) is 1.25. The second-order valence-corrected chi connectivity index (χ2v) is 2.54. The van der Waals surface area contributed by atoms with Crippen LogP contribution in [0.5, 0.6) is 0 Å². The van der Waals surface area contributed by atoms with Crippen LogP contribution in [0.1, 0.15) is 13.3 Å². The van der Waals surface area contributed by atoms with Gasteiger partial charge in [-0.3, -0.25) is 0 Å². The zero-order chi connectivity index (χ0) is 9.14. The third-order valence-electron chi connectivity index (χ3n) is 1.27. The first-order valence-corrected chi connectivity index (χ1v) is 3.78. The number of nitro groups is 1. The van der Waals surface area contributed by atoms with Gasteiger partial charge in [-0.1, -0.05) is 18.5 Å². The quantitative estimate of drug-likeness (QED) is 0.531. The van der Waals surface area contributed by atoms with Crippen molar-refractivity contribution in [2.45, 2.75) is 19.9 Å². The van der Waals surface area contributed by atoms with E-state index < -0.39 is 4.92 Å². The van der Waals surface area contributed by atoms with Gasteiger partial charge < -0.3 is 10.1 Å². The first kappa shape index (κ1) is 8.92. The fourth-order valence-electron chi connectivity index (χ4n) is 0.759. The van der Waals surface area contributed by atoms with E-state index in [2.05, 4.69) is 10.3 Å². The van der Waals surface area contributed by atoms with Gasteiger partial charge in [0, 0.05) is 6.54 Å². The minimum atomic E-state index is -0.651. The molecule has 0 aliphatic carbocycles. The molecule has 0 saturated carbocycles. The lowest BCUT2D eigenvalue weighted by atomic mass is 10.5. The molecule has 0 fully saturated rings. The number of aromatic nitrogens is 3. The summed E-state index contributed by atoms with van der Waals surface area (Å²) in [5, 5.41) is 17.1. The Balaban J connectivity index is 2.96. The van der Waals surface area contributed by atoms with Crippen LogP contribution in [0.15, 0.2) is 0 Å². The summed E-state index contributed by atoms with van der Waals surface area (Å²) in [5.74, 6) is -0.384. The maximum atomic E-state index is 10.2. The standard InChI is InChI=1S/C5H7ClN4O2/c1-2-3-9-4(6)5(7-8-9)10(11)12/h2-3H2,1H3. The Labute approximate surface area is 73.3 Å². The van der Waals surface area contributed by atoms with E-state index in [9.17, 15) is 10.1 Å². The lowest BCUT2D eigenvalue weighted by molar-refractivity contribution is -0.389. The molecule has 0 aromatic carbocycles. The SMILES string of the molecule is CCCn1nnc([N+](=O)[O-])c1Cl. The zero-order valence-electron chi connectivity index (χ0n) is 6.40. The summed E-state index contributed by atoms with van der Waals surface area (Å²) < 4.78 is 1.31. The number of halogens is 1. The van der Waals surface area contributed by atoms with Gasteiger partial charge in [-0.05, 0) is 11.3 Å². The van der Waals surface area contributed by atoms with Gasteiger partial charge in [-0.25, -0.2) is 4.68 Å². The van der Waals surface area contributed by atoms with Crippen molar-refractivity contribution in [2.24, 2.45) is 0 Å². The van der Waals surface area contributed by atoms with Gasteiger partial charge in [0.25, 0.3) is 0 Å². The van der Waals surface area contributed by atoms with Crippen LogP contribution >= 0.6 is 11.6 Å². The van der Waals surface area contributed by atoms with Gasteiger partial charge in [0.15, 0.2) is 0 Å². The van der Waals surface area contributed by atoms with Crippen LogP contribution in [0.25, 0.3) is 0 Å². The molecule has 1 aromatic heterocycles. The third-order valence-corrected chi connectivity index (χ3v) is 1.63. The average Bonchev–Trinajstić information content (AvgIpc) is 2.34. The van der Waals surface area contributed by atoms with Crippen molar-refractivity contribution in [2.75, 3.05) is 0 Å². The molecule has 6 nitrogen and oxygen atoms in total. The molecular weight excluding hydrogens is 184 g/mol. The largest absolute Gasteiger partial charge is 0.429 e. The Hall–Kier alpha value is -1.17. The highest BCUT2D eigenvalue weighted by Gasteiger charge is 2.20. The van der Waals surface area contributed by atoms with E-state index in [1.54, 1.807) is 0 Å². The third kappa shape index (κ3) is 1.53. The first-order chi connectivity index (χ1) is 5.66. The summed E-state index contributed by atoms with van der Waals surface area (Å²) >= 11 is 5.59. The highest BCUT2D eigenvalue weighted by Crippen LogP contribution is 2.19. The molecule has 0 amide bonds. The van der Waals surface area contributed by atoms with Crippen molar-refractivity contribution in [1.29, 1.82) is 0 Å². The van der Waals surface area contributed by atoms with Crippen LogP contribution in [-0.2, 0) is 6.54 Å². The number of rotatable bonds is 3. The lowest BCUT2D eigenvalue weighted by Crippen LogP contribution is -1.98. The van der Waals surface area contributed by atoms with Crippen molar-refractivity contribution in [3.05, 3.63) is 15.3 Å². The average molecular weight is 191 g/mol. The number of aryl methyl sites for hydroxylation is 1. The molecule has 12 heavy (non-hydrogen) atoms. The molecule has 0 atom stereocenters. The van der Waals surface area contributed by atoms with Crippen molar-refractivity contribution < 1.29 is 4.92 Å². The Kier molecular flexibility index (Phi) is 2.59. The van der Waals surface area contributed by atoms with Crippen molar-refractivity contribution in [3.63, 3.8) is 0 Å². The smallest absolute Gasteiger partial charge is 0.358 e. The number of nitrogens with zero attached hydrogens (tertiary/aromatic N) is 4. The highest BCUT2D eigenvalue weighted by atomic mass is 35.5. The molecule has 0 aliphatic heterocycles. The van der Waals surface area contributed by atoms with Gasteiger partial charge >= 0.3 is 5.82 Å². The lowest BCUT2D eigenvalue weighted by Gasteiger charge is -1.93. The molecule has 1 aromatic rings. The van der Waals surface area contributed by atoms with Crippen LogP contribution in [0.2, 0.25) is 5.15 Å². The summed E-state index contributed by atoms with van der Waals surface area (Å²) in [6, 6.07) is 0. The maximum absolute atomic E-state index is 10.2. The fourth-order valence-corrected chi connectivity index (χ4v) is 0.984. The first-order valence-electron chi connectivity index (χ1n) is 3.40. The molecule has 1 heterocycles. The molecule has 0 saturated heterocycles. The molecular formula is C5H7ClN4O2. The minimum absolute atomic E-state index is 0.0122. The second-order valence-electron chi connectivity index (χ2n) is 2.18. The molecule has 7 heteroatoms. The Morgan fingerprint density at radius 3 is 2.83 bits per heavy atom. The summed E-state index contributed by atoms with van der Waals surface area (Å²) in [7, 11) is 0. The van der Waals surface area contributed by atoms with Crippen molar-refractivity contribution in [1.82, 2.24) is 15.0 Å². The highest BCUT2D eigenvalue weighted by molar-refractivity contribution is 6.31. The molecule has 0 radical (unpaired) electrons. The number of hydrogen-bond acceptors (Lipinski definition) is 4. The van der Waals surface area contributed by atoms with E-state index in [1.807, 2.05) is 6.92 Å². The minimum Gasteiger partial charge on any atom is -0.358 e. The van der Waals surface area contributed by atoms with Crippen LogP contribution in [0.3, 0.4) is 0 Å². The molecule has 1 rings (SSSR count). The zero-order valence-corrected chi connectivity index (χ0v) is 7.15. The van der Waals surface area contributed by atoms with Gasteiger partial charge in [0.1, 0.15) is 5.10 Å². The van der Waals surface area contributed by atoms with Crippen molar-refractivity contribution >= 4 is 17.4 Å². The summed E-state index contributed by atoms with van der Waals surface area (Å²) in [5.41, 5.74) is 0. The van der Waals surface area contributed by atoms with E-state index in [0.717, 1.165) is 6.42 Å². The molecule has 0 N–H and O–H groups in total. The molecule has 66 valence electrons. The van der Waals surface area contributed by atoms with E-state index in [4.69, 9.17) is 11.6 Å². The van der Waals surface area contributed by atoms with E-state index >= 15 is 0 Å². The van der Waals surface area contributed by atoms with Crippen molar-refractivity contribution in [3.8, 4) is 0 Å². The molecule has 0 spiro atoms. The van der Waals surface area contributed by atoms with Crippen LogP contribution in [0, 0.1) is 10.1 Å². The topological polar surface area (TPSA) is 73.8 Å². The summed E-state index contributed by atoms with van der Waals surface area (Å²) in [6.45, 7) is 2.46. The normalized spacial score (nSPS) is 10.2.